The van der Waals surface area contributed by atoms with Crippen molar-refractivity contribution in [3.63, 3.8) is 0 Å². The molecule has 0 fully saturated rings. The number of para-hydroxylation sites is 1. The van der Waals surface area contributed by atoms with Crippen molar-refractivity contribution in [2.75, 3.05) is 24.5 Å². The largest absolute Gasteiger partial charge is 0.401 e. The summed E-state index contributed by atoms with van der Waals surface area (Å²) < 4.78 is 36.2. The summed E-state index contributed by atoms with van der Waals surface area (Å²) >= 11 is 0. The minimum atomic E-state index is -4.30. The van der Waals surface area contributed by atoms with Crippen LogP contribution in [-0.2, 0) is 11.2 Å². The van der Waals surface area contributed by atoms with E-state index in [-0.39, 0.29) is 12.5 Å². The Hall–Kier alpha value is -1.56. The molecule has 1 amide bonds. The van der Waals surface area contributed by atoms with Gasteiger partial charge in [-0.15, -0.1) is 0 Å². The Kier molecular flexibility index (Phi) is 4.32. The van der Waals surface area contributed by atoms with Crippen molar-refractivity contribution in [3.8, 4) is 0 Å². The van der Waals surface area contributed by atoms with Gasteiger partial charge in [0.2, 0.25) is 5.91 Å². The van der Waals surface area contributed by atoms with Crippen LogP contribution in [0.25, 0.3) is 0 Å². The third kappa shape index (κ3) is 3.50. The summed E-state index contributed by atoms with van der Waals surface area (Å²) in [6, 6.07) is 5.81. The van der Waals surface area contributed by atoms with E-state index in [1.807, 2.05) is 25.1 Å². The Labute approximate surface area is 115 Å². The maximum Gasteiger partial charge on any atom is 0.401 e. The fraction of sp³-hybridized carbons (Fsp3) is 0.500. The van der Waals surface area contributed by atoms with Gasteiger partial charge in [-0.05, 0) is 30.9 Å². The minimum Gasteiger partial charge on any atom is -0.311 e. The zero-order chi connectivity index (χ0) is 14.8. The molecule has 110 valence electrons. The van der Waals surface area contributed by atoms with Crippen molar-refractivity contribution in [1.82, 2.24) is 5.32 Å². The number of aryl methyl sites for hydroxylation is 2. The Morgan fingerprint density at radius 3 is 2.85 bits per heavy atom. The molecule has 1 heterocycles. The van der Waals surface area contributed by atoms with Crippen LogP contribution in [0.15, 0.2) is 18.2 Å². The number of amides is 1. The molecule has 0 spiro atoms. The van der Waals surface area contributed by atoms with E-state index in [1.54, 1.807) is 4.90 Å². The number of anilines is 1. The molecule has 1 aromatic rings. The molecule has 6 heteroatoms. The number of rotatable bonds is 3. The summed E-state index contributed by atoms with van der Waals surface area (Å²) in [5.74, 6) is -0.315. The summed E-state index contributed by atoms with van der Waals surface area (Å²) in [6.45, 7) is 1.03. The van der Waals surface area contributed by atoms with Crippen LogP contribution in [0.3, 0.4) is 0 Å². The van der Waals surface area contributed by atoms with Crippen LogP contribution >= 0.6 is 0 Å². The number of benzene rings is 1. The van der Waals surface area contributed by atoms with Crippen LogP contribution < -0.4 is 10.2 Å². The van der Waals surface area contributed by atoms with Gasteiger partial charge in [-0.1, -0.05) is 18.2 Å². The van der Waals surface area contributed by atoms with Gasteiger partial charge in [-0.25, -0.2) is 0 Å². The highest BCUT2D eigenvalue weighted by Gasteiger charge is 2.28. The zero-order valence-corrected chi connectivity index (χ0v) is 11.3. The second-order valence-corrected chi connectivity index (χ2v) is 4.95. The molecule has 0 saturated carbocycles. The number of nitrogens with zero attached hydrogens (tertiary/aromatic N) is 1. The molecule has 0 radical (unpaired) electrons. The van der Waals surface area contributed by atoms with E-state index in [0.717, 1.165) is 29.7 Å². The van der Waals surface area contributed by atoms with Gasteiger partial charge in [-0.3, -0.25) is 4.79 Å². The van der Waals surface area contributed by atoms with Gasteiger partial charge in [0.1, 0.15) is 0 Å². The van der Waals surface area contributed by atoms with Crippen LogP contribution in [-0.4, -0.2) is 31.7 Å². The van der Waals surface area contributed by atoms with Crippen molar-refractivity contribution >= 4 is 11.6 Å². The zero-order valence-electron chi connectivity index (χ0n) is 11.3. The lowest BCUT2D eigenvalue weighted by Gasteiger charge is -2.31. The van der Waals surface area contributed by atoms with E-state index in [0.29, 0.717) is 6.54 Å². The first kappa shape index (κ1) is 14.8. The number of nitrogens with one attached hydrogen (secondary N) is 1. The summed E-state index contributed by atoms with van der Waals surface area (Å²) in [7, 11) is 0. The Balaban J connectivity index is 2.06. The first-order valence-corrected chi connectivity index (χ1v) is 6.55. The molecule has 0 aromatic heterocycles. The molecule has 1 N–H and O–H groups in total. The monoisotopic (exact) mass is 286 g/mol. The SMILES string of the molecule is Cc1cccc2c1N(C(=O)CNCC(F)(F)F)CCC2. The van der Waals surface area contributed by atoms with Crippen LogP contribution in [0.2, 0.25) is 0 Å². The Morgan fingerprint density at radius 1 is 1.40 bits per heavy atom. The Bertz CT molecular complexity index is 500. The highest BCUT2D eigenvalue weighted by atomic mass is 19.4. The van der Waals surface area contributed by atoms with Crippen LogP contribution in [0.5, 0.6) is 0 Å². The topological polar surface area (TPSA) is 32.3 Å². The summed E-state index contributed by atoms with van der Waals surface area (Å²) in [5.41, 5.74) is 2.92. The Morgan fingerprint density at radius 2 is 2.15 bits per heavy atom. The van der Waals surface area contributed by atoms with E-state index in [9.17, 15) is 18.0 Å². The number of hydrogen-bond donors (Lipinski definition) is 1. The first-order valence-electron chi connectivity index (χ1n) is 6.55. The molecule has 20 heavy (non-hydrogen) atoms. The van der Waals surface area contributed by atoms with Crippen molar-refractivity contribution < 1.29 is 18.0 Å². The van der Waals surface area contributed by atoms with E-state index >= 15 is 0 Å². The number of alkyl halides is 3. The number of fused-ring (bicyclic) bond motifs is 1. The quantitative estimate of drug-likeness (QED) is 0.925. The van der Waals surface area contributed by atoms with Gasteiger partial charge in [0.05, 0.1) is 13.1 Å². The van der Waals surface area contributed by atoms with Gasteiger partial charge in [0.15, 0.2) is 0 Å². The lowest BCUT2D eigenvalue weighted by atomic mass is 9.98. The van der Waals surface area contributed by atoms with Gasteiger partial charge in [-0.2, -0.15) is 13.2 Å². The van der Waals surface area contributed by atoms with Gasteiger partial charge < -0.3 is 10.2 Å². The van der Waals surface area contributed by atoms with Crippen LogP contribution in [0, 0.1) is 6.92 Å². The number of hydrogen-bond acceptors (Lipinski definition) is 2. The third-order valence-corrected chi connectivity index (χ3v) is 3.32. The molecule has 0 saturated heterocycles. The van der Waals surface area contributed by atoms with E-state index < -0.39 is 12.7 Å². The fourth-order valence-corrected chi connectivity index (χ4v) is 2.50. The number of halogens is 3. The van der Waals surface area contributed by atoms with Gasteiger partial charge in [0.25, 0.3) is 0 Å². The lowest BCUT2D eigenvalue weighted by Crippen LogP contribution is -2.43. The molecule has 0 bridgehead atoms. The molecule has 1 aliphatic heterocycles. The summed E-state index contributed by atoms with van der Waals surface area (Å²) in [4.78, 5) is 13.7. The molecule has 0 unspecified atom stereocenters. The second kappa shape index (κ2) is 5.83. The highest BCUT2D eigenvalue weighted by molar-refractivity contribution is 5.96. The van der Waals surface area contributed by atoms with Crippen molar-refractivity contribution in [1.29, 1.82) is 0 Å². The normalized spacial score (nSPS) is 15.1. The average molecular weight is 286 g/mol. The molecule has 0 atom stereocenters. The predicted octanol–water partition coefficient (Wildman–Crippen LogP) is 2.43. The van der Waals surface area contributed by atoms with Gasteiger partial charge in [0, 0.05) is 12.2 Å². The molecule has 1 aromatic carbocycles. The molecule has 3 nitrogen and oxygen atoms in total. The first-order chi connectivity index (χ1) is 9.38. The molecular formula is C14H17F3N2O. The molecule has 0 aliphatic carbocycles. The van der Waals surface area contributed by atoms with Crippen molar-refractivity contribution in [3.05, 3.63) is 29.3 Å². The van der Waals surface area contributed by atoms with Crippen molar-refractivity contribution in [2.45, 2.75) is 25.9 Å². The standard InChI is InChI=1S/C14H17F3N2O/c1-10-4-2-5-11-6-3-7-19(13(10)11)12(20)8-18-9-14(15,16)17/h2,4-5,18H,3,6-9H2,1H3. The third-order valence-electron chi connectivity index (χ3n) is 3.32. The van der Waals surface area contributed by atoms with Gasteiger partial charge >= 0.3 is 6.18 Å². The highest BCUT2D eigenvalue weighted by Crippen LogP contribution is 2.30. The maximum atomic E-state index is 12.1. The smallest absolute Gasteiger partial charge is 0.311 e. The van der Waals surface area contributed by atoms with Crippen LogP contribution in [0.4, 0.5) is 18.9 Å². The van der Waals surface area contributed by atoms with E-state index in [4.69, 9.17) is 0 Å². The van der Waals surface area contributed by atoms with Crippen LogP contribution in [0.1, 0.15) is 17.5 Å². The molecule has 2 rings (SSSR count). The summed E-state index contributed by atoms with van der Waals surface area (Å²) in [5, 5.41) is 2.16. The van der Waals surface area contributed by atoms with Crippen molar-refractivity contribution in [2.24, 2.45) is 0 Å². The molecular weight excluding hydrogens is 269 g/mol. The average Bonchev–Trinajstić information content (AvgIpc) is 2.37. The fourth-order valence-electron chi connectivity index (χ4n) is 2.50. The lowest BCUT2D eigenvalue weighted by molar-refractivity contribution is -0.127. The van der Waals surface area contributed by atoms with E-state index in [1.165, 1.54) is 0 Å². The second-order valence-electron chi connectivity index (χ2n) is 4.95. The summed E-state index contributed by atoms with van der Waals surface area (Å²) in [6.07, 6.45) is -2.56. The minimum absolute atomic E-state index is 0.298. The predicted molar refractivity (Wildman–Crippen MR) is 70.8 cm³/mol. The maximum absolute atomic E-state index is 12.1. The number of carbonyl (C=O) groups is 1. The number of carbonyl (C=O) groups excluding carboxylic acids is 1. The van der Waals surface area contributed by atoms with E-state index in [2.05, 4.69) is 5.32 Å². The molecule has 1 aliphatic rings.